The van der Waals surface area contributed by atoms with E-state index >= 15 is 0 Å². The summed E-state index contributed by atoms with van der Waals surface area (Å²) in [6, 6.07) is 12.1. The van der Waals surface area contributed by atoms with Gasteiger partial charge in [-0.15, -0.1) is 0 Å². The summed E-state index contributed by atoms with van der Waals surface area (Å²) in [6.45, 7) is 1.73. The number of hydrogen-bond donors (Lipinski definition) is 4. The van der Waals surface area contributed by atoms with Crippen molar-refractivity contribution in [2.75, 3.05) is 10.5 Å². The molecule has 0 radical (unpaired) electrons. The fourth-order valence-electron chi connectivity index (χ4n) is 3.17. The SMILES string of the molecule is Cc1c(O)cc(N)c2cc(S(=O)(=O)Nc3ccc(O)c4cccnc34)ccc12. The molecule has 0 aliphatic heterocycles. The number of aromatic hydroxyl groups is 2. The molecule has 8 heteroatoms. The first-order valence-electron chi connectivity index (χ1n) is 8.39. The quantitative estimate of drug-likeness (QED) is 0.311. The fourth-order valence-corrected chi connectivity index (χ4v) is 4.26. The van der Waals surface area contributed by atoms with Gasteiger partial charge in [0.2, 0.25) is 0 Å². The zero-order valence-corrected chi connectivity index (χ0v) is 15.7. The van der Waals surface area contributed by atoms with E-state index in [0.717, 1.165) is 0 Å². The van der Waals surface area contributed by atoms with Crippen LogP contribution in [0.2, 0.25) is 0 Å². The van der Waals surface area contributed by atoms with E-state index in [1.807, 2.05) is 0 Å². The summed E-state index contributed by atoms with van der Waals surface area (Å²) in [4.78, 5) is 4.19. The molecule has 28 heavy (non-hydrogen) atoms. The Morgan fingerprint density at radius 1 is 0.964 bits per heavy atom. The molecule has 0 saturated heterocycles. The van der Waals surface area contributed by atoms with Crippen molar-refractivity contribution in [2.45, 2.75) is 11.8 Å². The zero-order chi connectivity index (χ0) is 20.1. The van der Waals surface area contributed by atoms with Crippen molar-refractivity contribution in [1.82, 2.24) is 4.98 Å². The van der Waals surface area contributed by atoms with E-state index in [1.165, 1.54) is 36.5 Å². The normalized spacial score (nSPS) is 11.8. The molecule has 0 saturated carbocycles. The molecule has 4 rings (SSSR count). The van der Waals surface area contributed by atoms with Crippen LogP contribution in [0, 0.1) is 6.92 Å². The molecule has 5 N–H and O–H groups in total. The van der Waals surface area contributed by atoms with Crippen molar-refractivity contribution >= 4 is 43.1 Å². The van der Waals surface area contributed by atoms with Gasteiger partial charge < -0.3 is 15.9 Å². The maximum absolute atomic E-state index is 12.9. The number of benzene rings is 3. The Morgan fingerprint density at radius 2 is 1.75 bits per heavy atom. The molecule has 4 aromatic rings. The maximum atomic E-state index is 12.9. The number of anilines is 2. The fraction of sp³-hybridized carbons (Fsp3) is 0.0500. The molecule has 1 heterocycles. The van der Waals surface area contributed by atoms with Gasteiger partial charge in [0.1, 0.15) is 11.5 Å². The van der Waals surface area contributed by atoms with Crippen LogP contribution in [0.4, 0.5) is 11.4 Å². The van der Waals surface area contributed by atoms with Crippen LogP contribution in [0.1, 0.15) is 5.56 Å². The summed E-state index contributed by atoms with van der Waals surface area (Å²) in [5.74, 6) is 0.0696. The van der Waals surface area contributed by atoms with Crippen LogP contribution in [0.5, 0.6) is 11.5 Å². The molecule has 142 valence electrons. The molecule has 1 aromatic heterocycles. The molecule has 3 aromatic carbocycles. The number of pyridine rings is 1. The highest BCUT2D eigenvalue weighted by molar-refractivity contribution is 7.92. The van der Waals surface area contributed by atoms with Crippen molar-refractivity contribution in [3.05, 3.63) is 60.3 Å². The Kier molecular flexibility index (Phi) is 4.01. The van der Waals surface area contributed by atoms with E-state index in [4.69, 9.17) is 5.73 Å². The van der Waals surface area contributed by atoms with Crippen molar-refractivity contribution in [3.8, 4) is 11.5 Å². The summed E-state index contributed by atoms with van der Waals surface area (Å²) in [5, 5.41) is 21.5. The highest BCUT2D eigenvalue weighted by Crippen LogP contribution is 2.34. The first-order valence-corrected chi connectivity index (χ1v) is 9.87. The lowest BCUT2D eigenvalue weighted by Gasteiger charge is -2.13. The summed E-state index contributed by atoms with van der Waals surface area (Å²) in [6.07, 6.45) is 1.52. The van der Waals surface area contributed by atoms with Gasteiger partial charge in [0, 0.05) is 28.7 Å². The predicted octanol–water partition coefficient (Wildman–Crippen LogP) is 3.49. The molecular formula is C20H17N3O4S. The van der Waals surface area contributed by atoms with Crippen LogP contribution in [0.25, 0.3) is 21.7 Å². The van der Waals surface area contributed by atoms with Crippen LogP contribution < -0.4 is 10.5 Å². The number of hydrogen-bond acceptors (Lipinski definition) is 6. The lowest BCUT2D eigenvalue weighted by atomic mass is 10.0. The second-order valence-electron chi connectivity index (χ2n) is 6.45. The topological polar surface area (TPSA) is 126 Å². The Hall–Kier alpha value is -3.52. The molecule has 0 atom stereocenters. The minimum atomic E-state index is -3.94. The summed E-state index contributed by atoms with van der Waals surface area (Å²) in [5.41, 5.74) is 7.47. The van der Waals surface area contributed by atoms with Crippen LogP contribution >= 0.6 is 0 Å². The third-order valence-corrected chi connectivity index (χ3v) is 6.05. The largest absolute Gasteiger partial charge is 0.508 e. The molecule has 0 bridgehead atoms. The van der Waals surface area contributed by atoms with Gasteiger partial charge in [0.05, 0.1) is 16.1 Å². The molecule has 7 nitrogen and oxygen atoms in total. The van der Waals surface area contributed by atoms with Gasteiger partial charge in [0.25, 0.3) is 10.0 Å². The van der Waals surface area contributed by atoms with Gasteiger partial charge in [-0.2, -0.15) is 0 Å². The second-order valence-corrected chi connectivity index (χ2v) is 8.14. The standard InChI is InChI=1S/C20H17N3O4S/c1-11-13-5-4-12(9-15(13)16(21)10-19(11)25)28(26,27)23-17-6-7-18(24)14-3-2-8-22-20(14)17/h2-10,23-25H,21H2,1H3. The third-order valence-electron chi connectivity index (χ3n) is 4.68. The van der Waals surface area contributed by atoms with Gasteiger partial charge in [-0.25, -0.2) is 8.42 Å². The highest BCUT2D eigenvalue weighted by atomic mass is 32.2. The molecule has 0 fully saturated rings. The molecule has 0 aliphatic carbocycles. The van der Waals surface area contributed by atoms with Gasteiger partial charge in [-0.05, 0) is 54.3 Å². The van der Waals surface area contributed by atoms with E-state index in [1.54, 1.807) is 25.1 Å². The van der Waals surface area contributed by atoms with Gasteiger partial charge >= 0.3 is 0 Å². The average Bonchev–Trinajstić information content (AvgIpc) is 2.68. The monoisotopic (exact) mass is 395 g/mol. The van der Waals surface area contributed by atoms with Gasteiger partial charge in [-0.1, -0.05) is 6.07 Å². The van der Waals surface area contributed by atoms with E-state index < -0.39 is 10.0 Å². The average molecular weight is 395 g/mol. The number of aromatic nitrogens is 1. The molecule has 0 unspecified atom stereocenters. The number of nitrogens with zero attached hydrogens (tertiary/aromatic N) is 1. The van der Waals surface area contributed by atoms with Crippen LogP contribution in [-0.4, -0.2) is 23.6 Å². The Bertz CT molecular complexity index is 1350. The number of aryl methyl sites for hydroxylation is 1. The number of phenols is 2. The number of nitrogens with one attached hydrogen (secondary N) is 1. The van der Waals surface area contributed by atoms with Crippen molar-refractivity contribution in [1.29, 1.82) is 0 Å². The highest BCUT2D eigenvalue weighted by Gasteiger charge is 2.19. The minimum Gasteiger partial charge on any atom is -0.508 e. The lowest BCUT2D eigenvalue weighted by Crippen LogP contribution is -2.13. The van der Waals surface area contributed by atoms with Gasteiger partial charge in [0.15, 0.2) is 0 Å². The number of phenolic OH excluding ortho intramolecular Hbond substituents is 2. The molecule has 0 spiro atoms. The Morgan fingerprint density at radius 3 is 2.54 bits per heavy atom. The third kappa shape index (κ3) is 2.84. The first kappa shape index (κ1) is 17.9. The lowest BCUT2D eigenvalue weighted by molar-refractivity contribution is 0.472. The van der Waals surface area contributed by atoms with Crippen molar-refractivity contribution in [3.63, 3.8) is 0 Å². The molecule has 0 amide bonds. The van der Waals surface area contributed by atoms with Crippen LogP contribution in [0.15, 0.2) is 59.6 Å². The summed E-state index contributed by atoms with van der Waals surface area (Å²) in [7, 11) is -3.94. The minimum absolute atomic E-state index is 0.0137. The first-order chi connectivity index (χ1) is 13.3. The number of sulfonamides is 1. The Balaban J connectivity index is 1.83. The van der Waals surface area contributed by atoms with Crippen LogP contribution in [0.3, 0.4) is 0 Å². The molecular weight excluding hydrogens is 378 g/mol. The van der Waals surface area contributed by atoms with Crippen molar-refractivity contribution < 1.29 is 18.6 Å². The Labute approximate surface area is 161 Å². The maximum Gasteiger partial charge on any atom is 0.261 e. The van der Waals surface area contributed by atoms with E-state index in [-0.39, 0.29) is 27.8 Å². The van der Waals surface area contributed by atoms with Crippen molar-refractivity contribution in [2.24, 2.45) is 0 Å². The number of fused-ring (bicyclic) bond motifs is 2. The van der Waals surface area contributed by atoms with E-state index in [9.17, 15) is 18.6 Å². The smallest absolute Gasteiger partial charge is 0.261 e. The zero-order valence-electron chi connectivity index (χ0n) is 14.8. The van der Waals surface area contributed by atoms with Crippen LogP contribution in [-0.2, 0) is 10.0 Å². The number of nitrogens with two attached hydrogens (primary N) is 1. The van der Waals surface area contributed by atoms with E-state index in [0.29, 0.717) is 27.2 Å². The summed E-state index contributed by atoms with van der Waals surface area (Å²) < 4.78 is 28.4. The predicted molar refractivity (Wildman–Crippen MR) is 109 cm³/mol. The molecule has 0 aliphatic rings. The number of rotatable bonds is 3. The number of nitrogen functional groups attached to an aromatic ring is 1. The van der Waals surface area contributed by atoms with E-state index in [2.05, 4.69) is 9.71 Å². The summed E-state index contributed by atoms with van der Waals surface area (Å²) >= 11 is 0. The van der Waals surface area contributed by atoms with Gasteiger partial charge in [-0.3, -0.25) is 9.71 Å². The second kappa shape index (κ2) is 6.28.